The van der Waals surface area contributed by atoms with Crippen molar-refractivity contribution in [1.82, 2.24) is 0 Å². The minimum absolute atomic E-state index is 0.0819. The van der Waals surface area contributed by atoms with E-state index in [1.54, 1.807) is 0 Å². The van der Waals surface area contributed by atoms with Gasteiger partial charge in [-0.05, 0) is 19.3 Å². The molecule has 0 saturated heterocycles. The van der Waals surface area contributed by atoms with E-state index in [-0.39, 0.29) is 11.6 Å². The normalized spacial score (nSPS) is 9.45. The SMILES string of the molecule is N=C(N)SCCCCC(=O)[O-]. The summed E-state index contributed by atoms with van der Waals surface area (Å²) in [6.45, 7) is 0. The summed E-state index contributed by atoms with van der Waals surface area (Å²) in [5.41, 5.74) is 5.05. The number of hydrogen-bond acceptors (Lipinski definition) is 4. The zero-order valence-electron chi connectivity index (χ0n) is 6.13. The van der Waals surface area contributed by atoms with Crippen LogP contribution in [0.1, 0.15) is 19.3 Å². The Labute approximate surface area is 69.7 Å². The van der Waals surface area contributed by atoms with Gasteiger partial charge in [0.2, 0.25) is 0 Å². The van der Waals surface area contributed by atoms with Gasteiger partial charge in [0, 0.05) is 11.7 Å². The molecule has 0 rings (SSSR count). The third kappa shape index (κ3) is 9.29. The standard InChI is InChI=1S/C6H12N2O2S/c7-6(8)11-4-2-1-3-5(9)10/h1-4H2,(H3,7,8)(H,9,10)/p-1. The maximum Gasteiger partial charge on any atom is 0.151 e. The summed E-state index contributed by atoms with van der Waals surface area (Å²) in [6.07, 6.45) is 1.46. The van der Waals surface area contributed by atoms with Crippen molar-refractivity contribution in [2.24, 2.45) is 5.73 Å². The van der Waals surface area contributed by atoms with Crippen molar-refractivity contribution in [1.29, 1.82) is 5.41 Å². The quantitative estimate of drug-likeness (QED) is 0.336. The first-order chi connectivity index (χ1) is 5.13. The molecule has 0 aromatic carbocycles. The molecular formula is C6H11N2O2S-. The fourth-order valence-corrected chi connectivity index (χ4v) is 1.12. The maximum atomic E-state index is 9.91. The van der Waals surface area contributed by atoms with Crippen LogP contribution in [-0.4, -0.2) is 16.9 Å². The van der Waals surface area contributed by atoms with Gasteiger partial charge >= 0.3 is 0 Å². The molecule has 0 spiro atoms. The Bertz CT molecular complexity index is 134. The summed E-state index contributed by atoms with van der Waals surface area (Å²) in [4.78, 5) is 9.91. The molecule has 5 heteroatoms. The fourth-order valence-electron chi connectivity index (χ4n) is 0.554. The smallest absolute Gasteiger partial charge is 0.151 e. The monoisotopic (exact) mass is 175 g/mol. The van der Waals surface area contributed by atoms with Gasteiger partial charge in [-0.1, -0.05) is 11.8 Å². The second-order valence-electron chi connectivity index (χ2n) is 2.04. The number of hydrogen-bond donors (Lipinski definition) is 2. The molecule has 0 amide bonds. The van der Waals surface area contributed by atoms with E-state index in [0.717, 1.165) is 6.42 Å². The number of aliphatic carboxylic acids is 1. The van der Waals surface area contributed by atoms with E-state index in [4.69, 9.17) is 11.1 Å². The molecule has 0 atom stereocenters. The van der Waals surface area contributed by atoms with Crippen molar-refractivity contribution in [3.63, 3.8) is 0 Å². The number of nitrogens with one attached hydrogen (secondary N) is 1. The van der Waals surface area contributed by atoms with Gasteiger partial charge in [0.15, 0.2) is 5.17 Å². The van der Waals surface area contributed by atoms with E-state index < -0.39 is 5.97 Å². The molecule has 0 unspecified atom stereocenters. The van der Waals surface area contributed by atoms with Gasteiger partial charge in [0.25, 0.3) is 0 Å². The van der Waals surface area contributed by atoms with E-state index in [1.807, 2.05) is 0 Å². The lowest BCUT2D eigenvalue weighted by atomic mass is 10.3. The van der Waals surface area contributed by atoms with Crippen LogP contribution in [0.2, 0.25) is 0 Å². The molecule has 3 N–H and O–H groups in total. The van der Waals surface area contributed by atoms with Crippen molar-refractivity contribution in [3.8, 4) is 0 Å². The number of thioether (sulfide) groups is 1. The summed E-state index contributed by atoms with van der Waals surface area (Å²) in [5, 5.41) is 16.8. The number of carbonyl (C=O) groups excluding carboxylic acids is 1. The fraction of sp³-hybridized carbons (Fsp3) is 0.667. The van der Waals surface area contributed by atoms with Crippen LogP contribution in [0.25, 0.3) is 0 Å². The molecule has 0 aromatic rings. The third-order valence-corrected chi connectivity index (χ3v) is 1.84. The summed E-state index contributed by atoms with van der Waals surface area (Å²) in [5.74, 6) is -0.305. The highest BCUT2D eigenvalue weighted by Crippen LogP contribution is 2.04. The van der Waals surface area contributed by atoms with Gasteiger partial charge in [-0.3, -0.25) is 5.41 Å². The Hall–Kier alpha value is -0.710. The predicted molar refractivity (Wildman–Crippen MR) is 43.2 cm³/mol. The van der Waals surface area contributed by atoms with Crippen molar-refractivity contribution in [3.05, 3.63) is 0 Å². The highest BCUT2D eigenvalue weighted by atomic mass is 32.2. The molecule has 0 aliphatic rings. The maximum absolute atomic E-state index is 9.91. The van der Waals surface area contributed by atoms with Crippen LogP contribution < -0.4 is 10.8 Å². The average molecular weight is 175 g/mol. The first kappa shape index (κ1) is 10.3. The van der Waals surface area contributed by atoms with E-state index in [0.29, 0.717) is 12.2 Å². The van der Waals surface area contributed by atoms with Gasteiger partial charge in [-0.15, -0.1) is 0 Å². The van der Waals surface area contributed by atoms with Crippen molar-refractivity contribution >= 4 is 22.9 Å². The minimum atomic E-state index is -1.02. The van der Waals surface area contributed by atoms with E-state index in [1.165, 1.54) is 11.8 Å². The summed E-state index contributed by atoms with van der Waals surface area (Å²) in [7, 11) is 0. The number of carboxylic acid groups (broad SMARTS) is 1. The molecule has 4 nitrogen and oxygen atoms in total. The molecule has 0 bridgehead atoms. The molecule has 0 heterocycles. The lowest BCUT2D eigenvalue weighted by Gasteiger charge is -2.00. The Morgan fingerprint density at radius 2 is 2.18 bits per heavy atom. The Morgan fingerprint density at radius 3 is 2.64 bits per heavy atom. The number of nitrogens with two attached hydrogens (primary N) is 1. The molecule has 64 valence electrons. The topological polar surface area (TPSA) is 90.0 Å². The zero-order valence-corrected chi connectivity index (χ0v) is 6.95. The Morgan fingerprint density at radius 1 is 1.55 bits per heavy atom. The molecule has 0 fully saturated rings. The highest BCUT2D eigenvalue weighted by Gasteiger charge is 1.91. The van der Waals surface area contributed by atoms with Gasteiger partial charge in [-0.2, -0.15) is 0 Å². The predicted octanol–water partition coefficient (Wildman–Crippen LogP) is -0.467. The minimum Gasteiger partial charge on any atom is -0.550 e. The molecule has 0 aromatic heterocycles. The Balaban J connectivity index is 3.03. The number of unbranched alkanes of at least 4 members (excludes halogenated alkanes) is 1. The molecule has 0 aliphatic heterocycles. The Kier molecular flexibility index (Phi) is 5.64. The van der Waals surface area contributed by atoms with Crippen molar-refractivity contribution < 1.29 is 9.90 Å². The second-order valence-corrected chi connectivity index (χ2v) is 3.18. The first-order valence-corrected chi connectivity index (χ1v) is 4.28. The van der Waals surface area contributed by atoms with Gasteiger partial charge in [-0.25, -0.2) is 0 Å². The van der Waals surface area contributed by atoms with Gasteiger partial charge in [0.05, 0.1) is 0 Å². The molecular weight excluding hydrogens is 164 g/mol. The van der Waals surface area contributed by atoms with E-state index in [2.05, 4.69) is 0 Å². The van der Waals surface area contributed by atoms with Crippen LogP contribution in [0.3, 0.4) is 0 Å². The van der Waals surface area contributed by atoms with Crippen LogP contribution in [0.5, 0.6) is 0 Å². The zero-order chi connectivity index (χ0) is 8.69. The van der Waals surface area contributed by atoms with Crippen molar-refractivity contribution in [2.45, 2.75) is 19.3 Å². The van der Waals surface area contributed by atoms with Gasteiger partial charge in [0.1, 0.15) is 0 Å². The second kappa shape index (κ2) is 6.03. The highest BCUT2D eigenvalue weighted by molar-refractivity contribution is 8.13. The number of amidine groups is 1. The van der Waals surface area contributed by atoms with Crippen molar-refractivity contribution in [2.75, 3.05) is 5.75 Å². The molecule has 0 aliphatic carbocycles. The van der Waals surface area contributed by atoms with E-state index in [9.17, 15) is 9.90 Å². The summed E-state index contributed by atoms with van der Waals surface area (Å²) in [6, 6.07) is 0. The molecule has 0 radical (unpaired) electrons. The van der Waals surface area contributed by atoms with Crippen LogP contribution in [0.4, 0.5) is 0 Å². The van der Waals surface area contributed by atoms with Gasteiger partial charge < -0.3 is 15.6 Å². The number of carbonyl (C=O) groups is 1. The van der Waals surface area contributed by atoms with Crippen LogP contribution >= 0.6 is 11.8 Å². The van der Waals surface area contributed by atoms with Crippen LogP contribution in [0, 0.1) is 5.41 Å². The lowest BCUT2D eigenvalue weighted by molar-refractivity contribution is -0.305. The average Bonchev–Trinajstić information content (AvgIpc) is 1.85. The first-order valence-electron chi connectivity index (χ1n) is 3.29. The summed E-state index contributed by atoms with van der Waals surface area (Å²) < 4.78 is 0. The van der Waals surface area contributed by atoms with Crippen LogP contribution in [-0.2, 0) is 4.79 Å². The molecule has 0 saturated carbocycles. The largest absolute Gasteiger partial charge is 0.550 e. The lowest BCUT2D eigenvalue weighted by Crippen LogP contribution is -2.21. The molecule has 11 heavy (non-hydrogen) atoms. The third-order valence-electron chi connectivity index (χ3n) is 1.03. The number of carboxylic acids is 1. The van der Waals surface area contributed by atoms with Crippen LogP contribution in [0.15, 0.2) is 0 Å². The number of rotatable bonds is 5. The summed E-state index contributed by atoms with van der Waals surface area (Å²) >= 11 is 1.23. The van der Waals surface area contributed by atoms with E-state index >= 15 is 0 Å².